The van der Waals surface area contributed by atoms with Gasteiger partial charge < -0.3 is 5.73 Å². The number of nitrogens with one attached hydrogen (secondary N) is 2. The van der Waals surface area contributed by atoms with Gasteiger partial charge in [-0.1, -0.05) is 6.92 Å². The number of sulfonamides is 1. The van der Waals surface area contributed by atoms with Crippen LogP contribution < -0.4 is 10.5 Å². The summed E-state index contributed by atoms with van der Waals surface area (Å²) in [4.78, 5) is 3.46. The highest BCUT2D eigenvalue weighted by molar-refractivity contribution is 7.89. The summed E-state index contributed by atoms with van der Waals surface area (Å²) in [5.41, 5.74) is 5.19. The Labute approximate surface area is 98.6 Å². The molecule has 6 nitrogen and oxygen atoms in total. The predicted octanol–water partition coefficient (Wildman–Crippen LogP) is 0.0711. The zero-order valence-electron chi connectivity index (χ0n) is 9.14. The number of nitrogens with zero attached hydrogens (tertiary/aromatic N) is 1. The molecule has 0 aliphatic heterocycles. The van der Waals surface area contributed by atoms with E-state index >= 15 is 0 Å². The predicted molar refractivity (Wildman–Crippen MR) is 60.5 cm³/mol. The molecule has 4 N–H and O–H groups in total. The second-order valence-electron chi connectivity index (χ2n) is 3.50. The number of hydrogen-bond donors (Lipinski definition) is 3. The van der Waals surface area contributed by atoms with Crippen molar-refractivity contribution < 1.29 is 12.8 Å². The maximum Gasteiger partial charge on any atom is 0.261 e. The molecule has 0 aliphatic carbocycles. The van der Waals surface area contributed by atoms with Crippen LogP contribution in [0.4, 0.5) is 4.39 Å². The van der Waals surface area contributed by atoms with Crippen LogP contribution in [-0.4, -0.2) is 25.8 Å². The standard InChI is InChI=1S/C9H13FN4O2S/c1-6(8(11)12)5-14-17(15,16)9-7(10)3-2-4-13-9/h2-4,6,14H,5H2,1H3,(H3,11,12). The summed E-state index contributed by atoms with van der Waals surface area (Å²) in [6, 6.07) is 2.31. The molecular weight excluding hydrogens is 247 g/mol. The van der Waals surface area contributed by atoms with Crippen LogP contribution in [0, 0.1) is 17.1 Å². The molecule has 0 saturated heterocycles. The van der Waals surface area contributed by atoms with Gasteiger partial charge in [0, 0.05) is 18.7 Å². The Bertz CT molecular complexity index is 517. The average Bonchev–Trinajstić information content (AvgIpc) is 2.26. The maximum atomic E-state index is 13.2. The van der Waals surface area contributed by atoms with E-state index < -0.39 is 26.8 Å². The summed E-state index contributed by atoms with van der Waals surface area (Å²) >= 11 is 0. The topological polar surface area (TPSA) is 109 Å². The van der Waals surface area contributed by atoms with Crippen molar-refractivity contribution in [1.82, 2.24) is 9.71 Å². The van der Waals surface area contributed by atoms with Crippen LogP contribution in [0.2, 0.25) is 0 Å². The first kappa shape index (κ1) is 13.5. The van der Waals surface area contributed by atoms with E-state index in [2.05, 4.69) is 9.71 Å². The Kier molecular flexibility index (Phi) is 4.13. The van der Waals surface area contributed by atoms with Gasteiger partial charge in [-0.2, -0.15) is 0 Å². The minimum absolute atomic E-state index is 0.0757. The summed E-state index contributed by atoms with van der Waals surface area (Å²) in [6.07, 6.45) is 1.19. The van der Waals surface area contributed by atoms with Crippen LogP contribution in [0.1, 0.15) is 6.92 Å². The number of hydrogen-bond acceptors (Lipinski definition) is 4. The lowest BCUT2D eigenvalue weighted by molar-refractivity contribution is 0.541. The van der Waals surface area contributed by atoms with Crippen molar-refractivity contribution in [3.63, 3.8) is 0 Å². The van der Waals surface area contributed by atoms with Gasteiger partial charge in [-0.3, -0.25) is 5.41 Å². The lowest BCUT2D eigenvalue weighted by Gasteiger charge is -2.11. The van der Waals surface area contributed by atoms with Crippen molar-refractivity contribution in [3.05, 3.63) is 24.1 Å². The van der Waals surface area contributed by atoms with Gasteiger partial charge in [-0.25, -0.2) is 22.5 Å². The second kappa shape index (κ2) is 5.19. The zero-order chi connectivity index (χ0) is 13.1. The van der Waals surface area contributed by atoms with Crippen molar-refractivity contribution in [2.45, 2.75) is 11.9 Å². The van der Waals surface area contributed by atoms with Crippen LogP contribution in [0.25, 0.3) is 0 Å². The molecule has 1 atom stereocenters. The Morgan fingerprint density at radius 1 is 1.71 bits per heavy atom. The van der Waals surface area contributed by atoms with Gasteiger partial charge in [0.2, 0.25) is 5.03 Å². The first-order chi connectivity index (χ1) is 7.84. The van der Waals surface area contributed by atoms with Crippen molar-refractivity contribution in [2.24, 2.45) is 11.7 Å². The smallest absolute Gasteiger partial charge is 0.261 e. The molecule has 17 heavy (non-hydrogen) atoms. The summed E-state index contributed by atoms with van der Waals surface area (Å²) in [7, 11) is -4.01. The van der Waals surface area contributed by atoms with Crippen LogP contribution in [0.3, 0.4) is 0 Å². The van der Waals surface area contributed by atoms with Gasteiger partial charge >= 0.3 is 0 Å². The van der Waals surface area contributed by atoms with E-state index in [4.69, 9.17) is 11.1 Å². The third-order valence-electron chi connectivity index (χ3n) is 2.09. The Hall–Kier alpha value is -1.54. The molecule has 1 aromatic heterocycles. The molecule has 0 bridgehead atoms. The molecule has 0 spiro atoms. The monoisotopic (exact) mass is 260 g/mol. The normalized spacial score (nSPS) is 13.3. The highest BCUT2D eigenvalue weighted by Crippen LogP contribution is 2.09. The lowest BCUT2D eigenvalue weighted by Crippen LogP contribution is -2.34. The molecule has 0 aromatic carbocycles. The summed E-state index contributed by atoms with van der Waals surface area (Å²) in [5.74, 6) is -1.53. The Morgan fingerprint density at radius 3 is 2.88 bits per heavy atom. The van der Waals surface area contributed by atoms with E-state index in [1.165, 1.54) is 12.3 Å². The van der Waals surface area contributed by atoms with Crippen LogP contribution in [-0.2, 0) is 10.0 Å². The van der Waals surface area contributed by atoms with Crippen molar-refractivity contribution >= 4 is 15.9 Å². The van der Waals surface area contributed by atoms with Crippen LogP contribution >= 0.6 is 0 Å². The third-order valence-corrected chi connectivity index (χ3v) is 3.45. The van der Waals surface area contributed by atoms with Crippen LogP contribution in [0.5, 0.6) is 0 Å². The number of halogens is 1. The zero-order valence-corrected chi connectivity index (χ0v) is 9.96. The molecule has 94 valence electrons. The van der Waals surface area contributed by atoms with Crippen molar-refractivity contribution in [1.29, 1.82) is 5.41 Å². The van der Waals surface area contributed by atoms with E-state index in [0.717, 1.165) is 6.07 Å². The first-order valence-electron chi connectivity index (χ1n) is 4.78. The SMILES string of the molecule is CC(CNS(=O)(=O)c1ncccc1F)C(=N)N. The average molecular weight is 260 g/mol. The van der Waals surface area contributed by atoms with E-state index in [-0.39, 0.29) is 12.4 Å². The highest BCUT2D eigenvalue weighted by atomic mass is 32.2. The molecule has 0 saturated carbocycles. The molecule has 0 fully saturated rings. The number of aromatic nitrogens is 1. The highest BCUT2D eigenvalue weighted by Gasteiger charge is 2.21. The minimum Gasteiger partial charge on any atom is -0.387 e. The van der Waals surface area contributed by atoms with Gasteiger partial charge in [0.15, 0.2) is 5.82 Å². The molecule has 1 rings (SSSR count). The van der Waals surface area contributed by atoms with Gasteiger partial charge in [-0.05, 0) is 12.1 Å². The van der Waals surface area contributed by atoms with E-state index in [1.807, 2.05) is 0 Å². The van der Waals surface area contributed by atoms with E-state index in [1.54, 1.807) is 6.92 Å². The first-order valence-corrected chi connectivity index (χ1v) is 6.27. The second-order valence-corrected chi connectivity index (χ2v) is 5.18. The number of nitrogens with two attached hydrogens (primary N) is 1. The summed E-state index contributed by atoms with van der Waals surface area (Å²) in [6.45, 7) is 1.51. The number of rotatable bonds is 5. The molecule has 0 amide bonds. The fourth-order valence-corrected chi connectivity index (χ4v) is 2.11. The molecular formula is C9H13FN4O2S. The van der Waals surface area contributed by atoms with Crippen molar-refractivity contribution in [2.75, 3.05) is 6.54 Å². The summed E-state index contributed by atoms with van der Waals surface area (Å²) < 4.78 is 38.7. The van der Waals surface area contributed by atoms with Gasteiger partial charge in [0.1, 0.15) is 0 Å². The Morgan fingerprint density at radius 2 is 2.35 bits per heavy atom. The number of pyridine rings is 1. The fraction of sp³-hybridized carbons (Fsp3) is 0.333. The van der Waals surface area contributed by atoms with Crippen LogP contribution in [0.15, 0.2) is 23.4 Å². The number of amidine groups is 1. The largest absolute Gasteiger partial charge is 0.387 e. The van der Waals surface area contributed by atoms with Gasteiger partial charge in [0.05, 0.1) is 5.84 Å². The quantitative estimate of drug-likeness (QED) is 0.514. The molecule has 8 heteroatoms. The molecule has 1 heterocycles. The fourth-order valence-electron chi connectivity index (χ4n) is 0.982. The molecule has 0 aliphatic rings. The van der Waals surface area contributed by atoms with Gasteiger partial charge in [-0.15, -0.1) is 0 Å². The van der Waals surface area contributed by atoms with E-state index in [9.17, 15) is 12.8 Å². The van der Waals surface area contributed by atoms with Gasteiger partial charge in [0.25, 0.3) is 10.0 Å². The molecule has 1 aromatic rings. The lowest BCUT2D eigenvalue weighted by atomic mass is 10.2. The van der Waals surface area contributed by atoms with E-state index in [0.29, 0.717) is 0 Å². The minimum atomic E-state index is -4.01. The molecule has 0 radical (unpaired) electrons. The van der Waals surface area contributed by atoms with Crippen molar-refractivity contribution in [3.8, 4) is 0 Å². The summed E-state index contributed by atoms with van der Waals surface area (Å²) in [5, 5.41) is 6.45. The maximum absolute atomic E-state index is 13.2. The third kappa shape index (κ3) is 3.46. The molecule has 1 unspecified atom stereocenters. The Balaban J connectivity index is 2.84.